The fourth-order valence-electron chi connectivity index (χ4n) is 1.57. The van der Waals surface area contributed by atoms with E-state index in [0.29, 0.717) is 0 Å². The van der Waals surface area contributed by atoms with Crippen LogP contribution in [0.2, 0.25) is 0 Å². The van der Waals surface area contributed by atoms with E-state index in [1.807, 2.05) is 20.9 Å². The number of rotatable bonds is 0. The van der Waals surface area contributed by atoms with Crippen molar-refractivity contribution in [2.75, 3.05) is 7.05 Å². The molecule has 0 bridgehead atoms. The van der Waals surface area contributed by atoms with Crippen LogP contribution in [0.25, 0.3) is 0 Å². The number of hydrogen-bond acceptors (Lipinski definition) is 2. The largest absolute Gasteiger partial charge is 0.327 e. The first kappa shape index (κ1) is 10.5. The van der Waals surface area contributed by atoms with Crippen molar-refractivity contribution < 1.29 is 4.79 Å². The zero-order valence-corrected chi connectivity index (χ0v) is 9.43. The molecule has 0 aliphatic carbocycles. The summed E-state index contributed by atoms with van der Waals surface area (Å²) in [7, 11) is 1.85. The quantitative estimate of drug-likeness (QED) is 0.613. The molecular formula is C10H20N2O. The first-order valence-corrected chi connectivity index (χ1v) is 4.71. The van der Waals surface area contributed by atoms with Crippen molar-refractivity contribution in [3.05, 3.63) is 0 Å². The van der Waals surface area contributed by atoms with Gasteiger partial charge in [-0.25, -0.2) is 0 Å². The van der Waals surface area contributed by atoms with Crippen LogP contribution in [0, 0.1) is 5.41 Å². The van der Waals surface area contributed by atoms with Gasteiger partial charge in [0, 0.05) is 7.05 Å². The minimum absolute atomic E-state index is 0.0148. The smallest absolute Gasteiger partial charge is 0.241 e. The highest BCUT2D eigenvalue weighted by Gasteiger charge is 2.46. The zero-order valence-electron chi connectivity index (χ0n) is 9.43. The molecule has 0 aromatic rings. The van der Waals surface area contributed by atoms with E-state index in [2.05, 4.69) is 26.1 Å². The second-order valence-corrected chi connectivity index (χ2v) is 5.40. The highest BCUT2D eigenvalue weighted by atomic mass is 16.2. The average Bonchev–Trinajstić information content (AvgIpc) is 2.12. The molecule has 76 valence electrons. The molecule has 1 fully saturated rings. The Bertz CT molecular complexity index is 228. The Morgan fingerprint density at radius 2 is 1.85 bits per heavy atom. The molecular weight excluding hydrogens is 164 g/mol. The van der Waals surface area contributed by atoms with Gasteiger partial charge in [0.2, 0.25) is 5.91 Å². The molecule has 0 spiro atoms. The van der Waals surface area contributed by atoms with Crippen molar-refractivity contribution in [3.63, 3.8) is 0 Å². The Hall–Kier alpha value is -0.570. The lowest BCUT2D eigenvalue weighted by Crippen LogP contribution is -2.47. The maximum atomic E-state index is 11.8. The maximum absolute atomic E-state index is 11.8. The van der Waals surface area contributed by atoms with Crippen LogP contribution in [-0.2, 0) is 4.79 Å². The van der Waals surface area contributed by atoms with Crippen LogP contribution in [0.5, 0.6) is 0 Å². The molecule has 1 N–H and O–H groups in total. The summed E-state index contributed by atoms with van der Waals surface area (Å²) in [6.07, 6.45) is 0. The Morgan fingerprint density at radius 3 is 2.00 bits per heavy atom. The third-order valence-corrected chi connectivity index (χ3v) is 2.78. The van der Waals surface area contributed by atoms with Gasteiger partial charge in [-0.2, -0.15) is 0 Å². The van der Waals surface area contributed by atoms with Gasteiger partial charge in [-0.05, 0) is 19.3 Å². The summed E-state index contributed by atoms with van der Waals surface area (Å²) in [6, 6.07) is -0.0625. The molecule has 1 saturated heterocycles. The molecule has 1 aliphatic heterocycles. The van der Waals surface area contributed by atoms with Gasteiger partial charge in [-0.1, -0.05) is 20.8 Å². The van der Waals surface area contributed by atoms with Crippen LogP contribution < -0.4 is 5.32 Å². The third-order valence-electron chi connectivity index (χ3n) is 2.78. The molecule has 0 unspecified atom stereocenters. The molecule has 0 radical (unpaired) electrons. The molecule has 0 saturated carbocycles. The topological polar surface area (TPSA) is 32.3 Å². The molecule has 1 aliphatic rings. The fraction of sp³-hybridized carbons (Fsp3) is 0.900. The second kappa shape index (κ2) is 2.71. The number of amides is 1. The van der Waals surface area contributed by atoms with Gasteiger partial charge in [-0.3, -0.25) is 10.1 Å². The lowest BCUT2D eigenvalue weighted by molar-refractivity contribution is -0.131. The summed E-state index contributed by atoms with van der Waals surface area (Å²) in [6.45, 7) is 10.3. The second-order valence-electron chi connectivity index (χ2n) is 5.40. The van der Waals surface area contributed by atoms with Crippen molar-refractivity contribution in [1.82, 2.24) is 10.2 Å². The van der Waals surface area contributed by atoms with Crippen molar-refractivity contribution in [2.24, 2.45) is 5.41 Å². The van der Waals surface area contributed by atoms with Crippen LogP contribution in [0.3, 0.4) is 0 Å². The summed E-state index contributed by atoms with van der Waals surface area (Å²) in [5, 5.41) is 3.35. The normalized spacial score (nSPS) is 28.3. The first-order chi connectivity index (χ1) is 5.66. The monoisotopic (exact) mass is 184 g/mol. The number of nitrogens with one attached hydrogen (secondary N) is 1. The minimum Gasteiger partial charge on any atom is -0.327 e. The Labute approximate surface area is 80.5 Å². The standard InChI is InChI=1S/C10H20N2O/c1-9(2,3)7-8(13)12(6)10(4,5)11-7/h7,11H,1-6H3/t7-/m1/s1. The molecule has 0 aromatic carbocycles. The first-order valence-electron chi connectivity index (χ1n) is 4.71. The molecule has 1 rings (SSSR count). The lowest BCUT2D eigenvalue weighted by Gasteiger charge is -2.28. The highest BCUT2D eigenvalue weighted by molar-refractivity contribution is 5.85. The van der Waals surface area contributed by atoms with Crippen LogP contribution in [0.4, 0.5) is 0 Å². The van der Waals surface area contributed by atoms with Gasteiger partial charge in [0.15, 0.2) is 0 Å². The van der Waals surface area contributed by atoms with Gasteiger partial charge in [0.25, 0.3) is 0 Å². The summed E-state index contributed by atoms with van der Waals surface area (Å²) in [4.78, 5) is 13.6. The third kappa shape index (κ3) is 1.70. The van der Waals surface area contributed by atoms with E-state index in [1.165, 1.54) is 0 Å². The molecule has 0 aromatic heterocycles. The van der Waals surface area contributed by atoms with Gasteiger partial charge in [-0.15, -0.1) is 0 Å². The predicted molar refractivity (Wildman–Crippen MR) is 53.2 cm³/mol. The zero-order chi connectivity index (χ0) is 10.4. The Morgan fingerprint density at radius 1 is 1.38 bits per heavy atom. The number of hydrogen-bond donors (Lipinski definition) is 1. The van der Waals surface area contributed by atoms with Gasteiger partial charge in [0.05, 0.1) is 11.7 Å². The van der Waals surface area contributed by atoms with Gasteiger partial charge >= 0.3 is 0 Å². The van der Waals surface area contributed by atoms with Crippen molar-refractivity contribution in [3.8, 4) is 0 Å². The van der Waals surface area contributed by atoms with Gasteiger partial charge in [0.1, 0.15) is 0 Å². The average molecular weight is 184 g/mol. The van der Waals surface area contributed by atoms with Crippen LogP contribution in [-0.4, -0.2) is 29.6 Å². The molecule has 1 amide bonds. The van der Waals surface area contributed by atoms with E-state index >= 15 is 0 Å². The minimum atomic E-state index is -0.213. The summed E-state index contributed by atoms with van der Waals surface area (Å²) in [5.41, 5.74) is -0.228. The van der Waals surface area contributed by atoms with Crippen LogP contribution in [0.15, 0.2) is 0 Å². The number of carbonyl (C=O) groups excluding carboxylic acids is 1. The number of carbonyl (C=O) groups is 1. The SMILES string of the molecule is CN1C(=O)[C@H](C(C)(C)C)NC1(C)C. The fourth-order valence-corrected chi connectivity index (χ4v) is 1.57. The number of nitrogens with zero attached hydrogens (tertiary/aromatic N) is 1. The molecule has 3 heteroatoms. The molecule has 13 heavy (non-hydrogen) atoms. The molecule has 3 nitrogen and oxygen atoms in total. The van der Waals surface area contributed by atoms with E-state index in [-0.39, 0.29) is 23.0 Å². The highest BCUT2D eigenvalue weighted by Crippen LogP contribution is 2.29. The molecule has 1 atom stereocenters. The maximum Gasteiger partial charge on any atom is 0.241 e. The van der Waals surface area contributed by atoms with E-state index in [1.54, 1.807) is 4.90 Å². The van der Waals surface area contributed by atoms with E-state index in [9.17, 15) is 4.79 Å². The van der Waals surface area contributed by atoms with Gasteiger partial charge < -0.3 is 4.90 Å². The van der Waals surface area contributed by atoms with Crippen molar-refractivity contribution in [1.29, 1.82) is 0 Å². The number of likely N-dealkylation sites (N-methyl/N-ethyl adjacent to an activating group) is 1. The van der Waals surface area contributed by atoms with Crippen molar-refractivity contribution in [2.45, 2.75) is 46.3 Å². The Balaban J connectivity index is 2.91. The molecule has 1 heterocycles. The predicted octanol–water partition coefficient (Wildman–Crippen LogP) is 1.20. The summed E-state index contributed by atoms with van der Waals surface area (Å²) < 4.78 is 0. The lowest BCUT2D eigenvalue weighted by atomic mass is 9.87. The van der Waals surface area contributed by atoms with Crippen molar-refractivity contribution >= 4 is 5.91 Å². The van der Waals surface area contributed by atoms with Crippen LogP contribution >= 0.6 is 0 Å². The van der Waals surface area contributed by atoms with Crippen LogP contribution in [0.1, 0.15) is 34.6 Å². The summed E-state index contributed by atoms with van der Waals surface area (Å²) in [5.74, 6) is 0.192. The van der Waals surface area contributed by atoms with E-state index in [4.69, 9.17) is 0 Å². The van der Waals surface area contributed by atoms with E-state index < -0.39 is 0 Å². The Kier molecular flexibility index (Phi) is 2.19. The summed E-state index contributed by atoms with van der Waals surface area (Å²) >= 11 is 0. The van der Waals surface area contributed by atoms with E-state index in [0.717, 1.165) is 0 Å².